The van der Waals surface area contributed by atoms with Gasteiger partial charge in [-0.2, -0.15) is 10.5 Å². The molecule has 0 N–H and O–H groups in total. The van der Waals surface area contributed by atoms with Crippen LogP contribution >= 0.6 is 0 Å². The first-order chi connectivity index (χ1) is 23.7. The van der Waals surface area contributed by atoms with E-state index in [0.717, 1.165) is 61.0 Å². The largest absolute Gasteiger partial charge is 0.309 e. The summed E-state index contributed by atoms with van der Waals surface area (Å²) in [6, 6.07) is 59.0. The molecule has 0 radical (unpaired) electrons. The summed E-state index contributed by atoms with van der Waals surface area (Å²) in [7, 11) is 0. The van der Waals surface area contributed by atoms with Crippen LogP contribution in [0.25, 0.3) is 77.2 Å². The molecule has 48 heavy (non-hydrogen) atoms. The number of aromatic nitrogens is 2. The standard InChI is InChI=1S/C44H26N4/c45-27-29-24-32(28-46)44(37(25-29)30-12-3-1-4-13-30)48-40-20-10-8-17-36(40)43-34(18-11-21-42(43)48)31-22-23-41-38(26-31)35-16-7-9-19-39(35)47(41)33-14-5-2-6-15-33/h1-26H. The summed E-state index contributed by atoms with van der Waals surface area (Å²) in [5.74, 6) is 0. The van der Waals surface area contributed by atoms with E-state index in [-0.39, 0.29) is 0 Å². The Balaban J connectivity index is 1.35. The Morgan fingerprint density at radius 1 is 0.417 bits per heavy atom. The van der Waals surface area contributed by atoms with Crippen LogP contribution in [0.4, 0.5) is 0 Å². The molecule has 0 unspecified atom stereocenters. The summed E-state index contributed by atoms with van der Waals surface area (Å²) in [6.07, 6.45) is 0. The normalized spacial score (nSPS) is 11.3. The lowest BCUT2D eigenvalue weighted by Crippen LogP contribution is -2.02. The maximum atomic E-state index is 10.5. The predicted molar refractivity (Wildman–Crippen MR) is 195 cm³/mol. The number of rotatable bonds is 4. The van der Waals surface area contributed by atoms with E-state index in [1.165, 1.54) is 16.3 Å². The van der Waals surface area contributed by atoms with E-state index in [1.54, 1.807) is 6.07 Å². The molecule has 0 aliphatic rings. The molecule has 9 aromatic rings. The summed E-state index contributed by atoms with van der Waals surface area (Å²) in [5.41, 5.74) is 11.2. The Bertz CT molecular complexity index is 2790. The second-order valence-electron chi connectivity index (χ2n) is 12.0. The van der Waals surface area contributed by atoms with Crippen LogP contribution in [0.3, 0.4) is 0 Å². The highest BCUT2D eigenvalue weighted by Crippen LogP contribution is 2.43. The number of benzene rings is 7. The van der Waals surface area contributed by atoms with Gasteiger partial charge in [-0.15, -0.1) is 0 Å². The van der Waals surface area contributed by atoms with Gasteiger partial charge in [0.2, 0.25) is 0 Å². The molecule has 0 fully saturated rings. The molecule has 2 heterocycles. The van der Waals surface area contributed by atoms with Crippen molar-refractivity contribution < 1.29 is 0 Å². The molecule has 0 bridgehead atoms. The summed E-state index contributed by atoms with van der Waals surface area (Å²) < 4.78 is 4.54. The van der Waals surface area contributed by atoms with Crippen molar-refractivity contribution >= 4 is 43.6 Å². The molecule has 0 saturated carbocycles. The number of nitrogens with zero attached hydrogens (tertiary/aromatic N) is 4. The Kier molecular flexibility index (Phi) is 6.22. The number of para-hydroxylation sites is 3. The Hall–Kier alpha value is -6.88. The number of nitriles is 2. The van der Waals surface area contributed by atoms with Gasteiger partial charge in [0, 0.05) is 32.8 Å². The Morgan fingerprint density at radius 3 is 1.81 bits per heavy atom. The SMILES string of the molecule is N#Cc1cc(C#N)c(-n2c3ccccc3c3c(-c4ccc5c(c4)c4ccccc4n5-c4ccccc4)cccc32)c(-c2ccccc2)c1. The van der Waals surface area contributed by atoms with Crippen molar-refractivity contribution in [2.24, 2.45) is 0 Å². The molecule has 7 aromatic carbocycles. The first-order valence-corrected chi connectivity index (χ1v) is 15.9. The van der Waals surface area contributed by atoms with Gasteiger partial charge < -0.3 is 9.13 Å². The minimum Gasteiger partial charge on any atom is -0.309 e. The number of hydrogen-bond acceptors (Lipinski definition) is 2. The second-order valence-corrected chi connectivity index (χ2v) is 12.0. The van der Waals surface area contributed by atoms with Crippen molar-refractivity contribution in [1.29, 1.82) is 10.5 Å². The molecule has 2 aromatic heterocycles. The van der Waals surface area contributed by atoms with Gasteiger partial charge in [-0.1, -0.05) is 103 Å². The molecule has 0 amide bonds. The average Bonchev–Trinajstić information content (AvgIpc) is 3.67. The van der Waals surface area contributed by atoms with Crippen molar-refractivity contribution in [1.82, 2.24) is 9.13 Å². The third-order valence-corrected chi connectivity index (χ3v) is 9.36. The molecular weight excluding hydrogens is 585 g/mol. The highest BCUT2D eigenvalue weighted by atomic mass is 15.0. The van der Waals surface area contributed by atoms with E-state index in [4.69, 9.17) is 0 Å². The van der Waals surface area contributed by atoms with Crippen molar-refractivity contribution in [3.63, 3.8) is 0 Å². The van der Waals surface area contributed by atoms with Crippen LogP contribution in [-0.4, -0.2) is 9.13 Å². The Morgan fingerprint density at radius 2 is 1.06 bits per heavy atom. The molecule has 0 atom stereocenters. The van der Waals surface area contributed by atoms with Crippen molar-refractivity contribution in [2.45, 2.75) is 0 Å². The van der Waals surface area contributed by atoms with E-state index < -0.39 is 0 Å². The second kappa shape index (κ2) is 10.9. The zero-order valence-corrected chi connectivity index (χ0v) is 25.8. The van der Waals surface area contributed by atoms with E-state index in [0.29, 0.717) is 11.1 Å². The fourth-order valence-corrected chi connectivity index (χ4v) is 7.36. The lowest BCUT2D eigenvalue weighted by atomic mass is 9.96. The molecular formula is C44H26N4. The minimum absolute atomic E-state index is 0.455. The highest BCUT2D eigenvalue weighted by molar-refractivity contribution is 6.17. The highest BCUT2D eigenvalue weighted by Gasteiger charge is 2.22. The number of fused-ring (bicyclic) bond motifs is 6. The van der Waals surface area contributed by atoms with Crippen LogP contribution in [0.1, 0.15) is 11.1 Å². The lowest BCUT2D eigenvalue weighted by Gasteiger charge is -2.16. The Labute approximate surface area is 277 Å². The molecule has 0 aliphatic carbocycles. The molecule has 0 saturated heterocycles. The molecule has 4 nitrogen and oxygen atoms in total. The predicted octanol–water partition coefficient (Wildman–Crippen LogP) is 11.0. The monoisotopic (exact) mass is 610 g/mol. The quantitative estimate of drug-likeness (QED) is 0.199. The lowest BCUT2D eigenvalue weighted by molar-refractivity contribution is 1.17. The van der Waals surface area contributed by atoms with E-state index in [9.17, 15) is 10.5 Å². The van der Waals surface area contributed by atoms with Crippen LogP contribution in [0, 0.1) is 22.7 Å². The maximum Gasteiger partial charge on any atom is 0.101 e. The van der Waals surface area contributed by atoms with Crippen LogP contribution < -0.4 is 0 Å². The van der Waals surface area contributed by atoms with Crippen molar-refractivity contribution in [3.8, 4) is 45.8 Å². The van der Waals surface area contributed by atoms with Crippen LogP contribution in [-0.2, 0) is 0 Å². The van der Waals surface area contributed by atoms with Gasteiger partial charge in [0.05, 0.1) is 45.0 Å². The van der Waals surface area contributed by atoms with Crippen LogP contribution in [0.5, 0.6) is 0 Å². The van der Waals surface area contributed by atoms with Gasteiger partial charge in [-0.3, -0.25) is 0 Å². The zero-order valence-electron chi connectivity index (χ0n) is 25.8. The van der Waals surface area contributed by atoms with Crippen LogP contribution in [0.2, 0.25) is 0 Å². The molecule has 0 aliphatic heterocycles. The average molecular weight is 611 g/mol. The third-order valence-electron chi connectivity index (χ3n) is 9.36. The van der Waals surface area contributed by atoms with Gasteiger partial charge >= 0.3 is 0 Å². The zero-order chi connectivity index (χ0) is 32.2. The maximum absolute atomic E-state index is 10.5. The van der Waals surface area contributed by atoms with Crippen molar-refractivity contribution in [2.75, 3.05) is 0 Å². The van der Waals surface area contributed by atoms with Crippen LogP contribution in [0.15, 0.2) is 158 Å². The first-order valence-electron chi connectivity index (χ1n) is 15.9. The summed E-state index contributed by atoms with van der Waals surface area (Å²) in [5, 5.41) is 25.0. The van der Waals surface area contributed by atoms with Gasteiger partial charge in [0.15, 0.2) is 0 Å². The van der Waals surface area contributed by atoms with Gasteiger partial charge in [0.25, 0.3) is 0 Å². The molecule has 0 spiro atoms. The molecule has 222 valence electrons. The third kappa shape index (κ3) is 4.07. The number of hydrogen-bond donors (Lipinski definition) is 0. The van der Waals surface area contributed by atoms with E-state index >= 15 is 0 Å². The first kappa shape index (κ1) is 27.4. The van der Waals surface area contributed by atoms with Gasteiger partial charge in [-0.05, 0) is 71.3 Å². The fraction of sp³-hybridized carbons (Fsp3) is 0. The van der Waals surface area contributed by atoms with E-state index in [1.807, 2.05) is 48.5 Å². The molecule has 9 rings (SSSR count). The van der Waals surface area contributed by atoms with Crippen molar-refractivity contribution in [3.05, 3.63) is 169 Å². The minimum atomic E-state index is 0.455. The summed E-state index contributed by atoms with van der Waals surface area (Å²) in [4.78, 5) is 0. The topological polar surface area (TPSA) is 57.4 Å². The fourth-order valence-electron chi connectivity index (χ4n) is 7.36. The van der Waals surface area contributed by atoms with E-state index in [2.05, 4.69) is 124 Å². The van der Waals surface area contributed by atoms with Gasteiger partial charge in [0.1, 0.15) is 6.07 Å². The van der Waals surface area contributed by atoms with Gasteiger partial charge in [-0.25, -0.2) is 0 Å². The summed E-state index contributed by atoms with van der Waals surface area (Å²) >= 11 is 0. The smallest absolute Gasteiger partial charge is 0.101 e. The molecule has 4 heteroatoms. The summed E-state index contributed by atoms with van der Waals surface area (Å²) in [6.45, 7) is 0.